The maximum atomic E-state index is 11.9. The number of nitrogens with one attached hydrogen (secondary N) is 1. The molecule has 0 unspecified atom stereocenters. The van der Waals surface area contributed by atoms with Gasteiger partial charge >= 0.3 is 0 Å². The van der Waals surface area contributed by atoms with Crippen molar-refractivity contribution in [3.05, 3.63) is 65.3 Å². The van der Waals surface area contributed by atoms with E-state index < -0.39 is 0 Å². The molecule has 25 heavy (non-hydrogen) atoms. The van der Waals surface area contributed by atoms with Crippen LogP contribution in [0.2, 0.25) is 5.02 Å². The molecule has 0 aliphatic rings. The second kappa shape index (κ2) is 8.39. The van der Waals surface area contributed by atoms with Gasteiger partial charge in [-0.3, -0.25) is 9.78 Å². The Hall–Kier alpha value is -2.73. The van der Waals surface area contributed by atoms with Crippen molar-refractivity contribution in [1.82, 2.24) is 20.4 Å². The van der Waals surface area contributed by atoms with E-state index in [9.17, 15) is 4.79 Å². The lowest BCUT2D eigenvalue weighted by molar-refractivity contribution is -0.121. The summed E-state index contributed by atoms with van der Waals surface area (Å²) < 4.78 is 5.16. The molecule has 7 heteroatoms. The van der Waals surface area contributed by atoms with Crippen LogP contribution in [0.15, 0.2) is 53.3 Å². The Balaban J connectivity index is 1.45. The molecule has 6 nitrogen and oxygen atoms in total. The molecule has 0 atom stereocenters. The zero-order valence-corrected chi connectivity index (χ0v) is 14.2. The highest BCUT2D eigenvalue weighted by Crippen LogP contribution is 2.19. The van der Waals surface area contributed by atoms with E-state index in [1.54, 1.807) is 18.3 Å². The molecule has 0 radical (unpaired) electrons. The normalized spacial score (nSPS) is 10.6. The summed E-state index contributed by atoms with van der Waals surface area (Å²) in [7, 11) is 0. The van der Waals surface area contributed by atoms with E-state index in [4.69, 9.17) is 16.1 Å². The Morgan fingerprint density at radius 2 is 2.16 bits per heavy atom. The van der Waals surface area contributed by atoms with Crippen LogP contribution in [-0.4, -0.2) is 21.0 Å². The summed E-state index contributed by atoms with van der Waals surface area (Å²) in [6, 6.07) is 11.1. The quantitative estimate of drug-likeness (QED) is 0.701. The number of hydrogen-bond donors (Lipinski definition) is 1. The van der Waals surface area contributed by atoms with Gasteiger partial charge in [-0.15, -0.1) is 0 Å². The van der Waals surface area contributed by atoms with Gasteiger partial charge < -0.3 is 9.84 Å². The number of nitrogens with zero attached hydrogens (tertiary/aromatic N) is 3. The molecule has 0 fully saturated rings. The molecule has 128 valence electrons. The molecule has 1 aromatic carbocycles. The number of pyridine rings is 1. The Morgan fingerprint density at radius 1 is 1.24 bits per heavy atom. The summed E-state index contributed by atoms with van der Waals surface area (Å²) in [6.45, 7) is 0.208. The van der Waals surface area contributed by atoms with E-state index in [0.717, 1.165) is 24.0 Å². The zero-order chi connectivity index (χ0) is 17.5. The van der Waals surface area contributed by atoms with Crippen LogP contribution in [0.4, 0.5) is 0 Å². The Morgan fingerprint density at radius 3 is 2.96 bits per heavy atom. The minimum Gasteiger partial charge on any atom is -0.347 e. The summed E-state index contributed by atoms with van der Waals surface area (Å²) in [5.41, 5.74) is 1.89. The largest absolute Gasteiger partial charge is 0.347 e. The highest BCUT2D eigenvalue weighted by Gasteiger charge is 2.10. The molecule has 0 aliphatic heterocycles. The molecule has 3 aromatic rings. The van der Waals surface area contributed by atoms with Crippen molar-refractivity contribution in [3.63, 3.8) is 0 Å². The third-order valence-corrected chi connectivity index (χ3v) is 3.81. The third kappa shape index (κ3) is 5.12. The zero-order valence-electron chi connectivity index (χ0n) is 13.5. The first kappa shape index (κ1) is 17.1. The standard InChI is InChI=1S/C18H17ClN4O2/c19-15-7-2-6-14(10-15)18-22-17(25-23-18)12-21-16(24)8-1-4-13-5-3-9-20-11-13/h2-3,5-7,9-11H,1,4,8,12H2,(H,21,24). The molecule has 1 amide bonds. The summed E-state index contributed by atoms with van der Waals surface area (Å²) in [5.74, 6) is 0.755. The van der Waals surface area contributed by atoms with Gasteiger partial charge in [-0.2, -0.15) is 4.98 Å². The van der Waals surface area contributed by atoms with Gasteiger partial charge in [0.2, 0.25) is 17.6 Å². The van der Waals surface area contributed by atoms with Gasteiger partial charge in [0.05, 0.1) is 6.54 Å². The molecule has 2 aromatic heterocycles. The molecule has 0 saturated carbocycles. The van der Waals surface area contributed by atoms with E-state index in [1.807, 2.05) is 30.5 Å². The van der Waals surface area contributed by atoms with Gasteiger partial charge in [-0.1, -0.05) is 35.0 Å². The maximum absolute atomic E-state index is 11.9. The van der Waals surface area contributed by atoms with Crippen LogP contribution in [-0.2, 0) is 17.8 Å². The predicted molar refractivity (Wildman–Crippen MR) is 93.8 cm³/mol. The number of aromatic nitrogens is 3. The average Bonchev–Trinajstić information content (AvgIpc) is 3.10. The van der Waals surface area contributed by atoms with Crippen LogP contribution in [0.25, 0.3) is 11.4 Å². The van der Waals surface area contributed by atoms with Crippen molar-refractivity contribution in [1.29, 1.82) is 0 Å². The van der Waals surface area contributed by atoms with Crippen LogP contribution < -0.4 is 5.32 Å². The Labute approximate surface area is 150 Å². The highest BCUT2D eigenvalue weighted by molar-refractivity contribution is 6.30. The number of hydrogen-bond acceptors (Lipinski definition) is 5. The number of amides is 1. The molecule has 0 saturated heterocycles. The fourth-order valence-electron chi connectivity index (χ4n) is 2.33. The van der Waals surface area contributed by atoms with E-state index in [0.29, 0.717) is 23.2 Å². The lowest BCUT2D eigenvalue weighted by Gasteiger charge is -2.02. The minimum atomic E-state index is -0.0496. The monoisotopic (exact) mass is 356 g/mol. The number of carbonyl (C=O) groups excluding carboxylic acids is 1. The lowest BCUT2D eigenvalue weighted by Crippen LogP contribution is -2.22. The molecular weight excluding hydrogens is 340 g/mol. The first-order valence-electron chi connectivity index (χ1n) is 7.95. The lowest BCUT2D eigenvalue weighted by atomic mass is 10.1. The third-order valence-electron chi connectivity index (χ3n) is 3.58. The first-order valence-corrected chi connectivity index (χ1v) is 8.32. The van der Waals surface area contributed by atoms with E-state index in [1.165, 1.54) is 0 Å². The van der Waals surface area contributed by atoms with Crippen LogP contribution >= 0.6 is 11.6 Å². The second-order valence-electron chi connectivity index (χ2n) is 5.51. The number of aryl methyl sites for hydroxylation is 1. The Bertz CT molecular complexity index is 836. The van der Waals surface area contributed by atoms with E-state index in [2.05, 4.69) is 20.4 Å². The van der Waals surface area contributed by atoms with E-state index >= 15 is 0 Å². The highest BCUT2D eigenvalue weighted by atomic mass is 35.5. The van der Waals surface area contributed by atoms with Crippen LogP contribution in [0, 0.1) is 0 Å². The van der Waals surface area contributed by atoms with Crippen molar-refractivity contribution in [2.45, 2.75) is 25.8 Å². The van der Waals surface area contributed by atoms with Gasteiger partial charge in [-0.25, -0.2) is 0 Å². The van der Waals surface area contributed by atoms with Crippen molar-refractivity contribution in [2.24, 2.45) is 0 Å². The van der Waals surface area contributed by atoms with Gasteiger partial charge in [0.25, 0.3) is 0 Å². The van der Waals surface area contributed by atoms with Crippen molar-refractivity contribution >= 4 is 17.5 Å². The Kier molecular flexibility index (Phi) is 5.74. The molecule has 0 spiro atoms. The van der Waals surface area contributed by atoms with Crippen LogP contribution in [0.5, 0.6) is 0 Å². The van der Waals surface area contributed by atoms with Crippen molar-refractivity contribution in [3.8, 4) is 11.4 Å². The molecule has 0 bridgehead atoms. The van der Waals surface area contributed by atoms with Gasteiger partial charge in [-0.05, 0) is 36.6 Å². The summed E-state index contributed by atoms with van der Waals surface area (Å²) >= 11 is 5.95. The first-order chi connectivity index (χ1) is 12.2. The number of carbonyl (C=O) groups is 1. The van der Waals surface area contributed by atoms with Gasteiger partial charge in [0, 0.05) is 29.4 Å². The van der Waals surface area contributed by atoms with Crippen molar-refractivity contribution in [2.75, 3.05) is 0 Å². The smallest absolute Gasteiger partial charge is 0.246 e. The maximum Gasteiger partial charge on any atom is 0.246 e. The predicted octanol–water partition coefficient (Wildman–Crippen LogP) is 3.42. The SMILES string of the molecule is O=C(CCCc1cccnc1)NCc1nc(-c2cccc(Cl)c2)no1. The molecular formula is C18H17ClN4O2. The molecule has 2 heterocycles. The van der Waals surface area contributed by atoms with Crippen LogP contribution in [0.1, 0.15) is 24.3 Å². The van der Waals surface area contributed by atoms with E-state index in [-0.39, 0.29) is 12.5 Å². The summed E-state index contributed by atoms with van der Waals surface area (Å²) in [4.78, 5) is 20.2. The van der Waals surface area contributed by atoms with Crippen molar-refractivity contribution < 1.29 is 9.32 Å². The molecule has 0 aliphatic carbocycles. The number of halogens is 1. The summed E-state index contributed by atoms with van der Waals surface area (Å²) in [6.07, 6.45) is 5.56. The fourth-order valence-corrected chi connectivity index (χ4v) is 2.52. The van der Waals surface area contributed by atoms with Crippen LogP contribution in [0.3, 0.4) is 0 Å². The topological polar surface area (TPSA) is 80.9 Å². The summed E-state index contributed by atoms with van der Waals surface area (Å²) in [5, 5.41) is 7.29. The number of benzene rings is 1. The molecule has 1 N–H and O–H groups in total. The van der Waals surface area contributed by atoms with Gasteiger partial charge in [0.15, 0.2) is 0 Å². The second-order valence-corrected chi connectivity index (χ2v) is 5.95. The van der Waals surface area contributed by atoms with Gasteiger partial charge in [0.1, 0.15) is 0 Å². The fraction of sp³-hybridized carbons (Fsp3) is 0.222. The molecule has 3 rings (SSSR count). The number of rotatable bonds is 7. The minimum absolute atomic E-state index is 0.0496. The average molecular weight is 357 g/mol.